The van der Waals surface area contributed by atoms with Gasteiger partial charge in [-0.25, -0.2) is 4.79 Å². The molecule has 3 unspecified atom stereocenters. The number of ether oxygens (including phenoxy) is 1. The summed E-state index contributed by atoms with van der Waals surface area (Å²) in [6, 6.07) is -0.398. The van der Waals surface area contributed by atoms with Crippen LogP contribution in [0, 0.1) is 0 Å². The summed E-state index contributed by atoms with van der Waals surface area (Å²) >= 11 is 17.8. The SMILES string of the molecule is CC1(C)NC2C(=O)N(C(O)C(=O)OCC(Cl)(Cl)Cl)C2S1. The second-order valence-electron chi connectivity index (χ2n) is 4.98. The lowest BCUT2D eigenvalue weighted by Crippen LogP contribution is -2.69. The maximum absolute atomic E-state index is 11.9. The number of carbonyl (C=O) groups excluding carboxylic acids is 2. The molecule has 2 fully saturated rings. The highest BCUT2D eigenvalue weighted by molar-refractivity contribution is 8.01. The number of nitrogens with zero attached hydrogens (tertiary/aromatic N) is 1. The minimum atomic E-state index is -1.76. The molecule has 20 heavy (non-hydrogen) atoms. The van der Waals surface area contributed by atoms with Gasteiger partial charge in [-0.05, 0) is 13.8 Å². The van der Waals surface area contributed by atoms with Crippen LogP contribution in [0.5, 0.6) is 0 Å². The summed E-state index contributed by atoms with van der Waals surface area (Å²) in [6.45, 7) is 3.32. The van der Waals surface area contributed by atoms with E-state index in [-0.39, 0.29) is 16.2 Å². The van der Waals surface area contributed by atoms with Crippen molar-refractivity contribution in [3.63, 3.8) is 0 Å². The molecular weight excluding hydrogens is 351 g/mol. The lowest BCUT2D eigenvalue weighted by atomic mass is 10.1. The maximum atomic E-state index is 11.9. The van der Waals surface area contributed by atoms with E-state index >= 15 is 0 Å². The lowest BCUT2D eigenvalue weighted by molar-refractivity contribution is -0.181. The Labute approximate surface area is 135 Å². The minimum absolute atomic E-state index is 0.305. The van der Waals surface area contributed by atoms with Gasteiger partial charge in [0.15, 0.2) is 0 Å². The Balaban J connectivity index is 1.95. The number of thioether (sulfide) groups is 1. The molecule has 0 saturated carbocycles. The number of hydrogen-bond acceptors (Lipinski definition) is 6. The average molecular weight is 364 g/mol. The molecule has 2 rings (SSSR count). The number of carbonyl (C=O) groups is 2. The Morgan fingerprint density at radius 1 is 1.60 bits per heavy atom. The highest BCUT2D eigenvalue weighted by Crippen LogP contribution is 2.44. The molecule has 2 heterocycles. The van der Waals surface area contributed by atoms with Crippen LogP contribution >= 0.6 is 46.6 Å². The van der Waals surface area contributed by atoms with Crippen molar-refractivity contribution in [2.45, 2.75) is 40.2 Å². The number of aliphatic hydroxyl groups is 1. The Bertz CT molecular complexity index is 443. The number of esters is 1. The molecule has 1 amide bonds. The van der Waals surface area contributed by atoms with Gasteiger partial charge in [-0.15, -0.1) is 11.8 Å². The van der Waals surface area contributed by atoms with E-state index in [0.29, 0.717) is 0 Å². The predicted molar refractivity (Wildman–Crippen MR) is 76.5 cm³/mol. The number of likely N-dealkylation sites (tertiary alicyclic amines) is 1. The van der Waals surface area contributed by atoms with Crippen LogP contribution in [0.4, 0.5) is 0 Å². The van der Waals surface area contributed by atoms with Crippen molar-refractivity contribution in [3.8, 4) is 0 Å². The molecule has 0 radical (unpaired) electrons. The zero-order chi connectivity index (χ0) is 15.3. The summed E-state index contributed by atoms with van der Waals surface area (Å²) in [4.78, 5) is 24.3. The summed E-state index contributed by atoms with van der Waals surface area (Å²) in [5.74, 6) is -1.38. The number of nitrogens with one attached hydrogen (secondary N) is 1. The third-order valence-electron chi connectivity index (χ3n) is 2.85. The van der Waals surface area contributed by atoms with Gasteiger partial charge in [0.05, 0.1) is 4.87 Å². The molecule has 0 aromatic carbocycles. The highest BCUT2D eigenvalue weighted by Gasteiger charge is 2.59. The van der Waals surface area contributed by atoms with E-state index < -0.39 is 28.6 Å². The molecular formula is C10H13Cl3N2O4S. The molecule has 0 spiro atoms. The van der Waals surface area contributed by atoms with Crippen molar-refractivity contribution in [3.05, 3.63) is 0 Å². The van der Waals surface area contributed by atoms with Gasteiger partial charge in [0.25, 0.3) is 0 Å². The quantitative estimate of drug-likeness (QED) is 0.439. The fourth-order valence-electron chi connectivity index (χ4n) is 2.06. The molecule has 0 bridgehead atoms. The third kappa shape index (κ3) is 3.28. The van der Waals surface area contributed by atoms with Crippen LogP contribution in [0.2, 0.25) is 0 Å². The molecule has 2 aliphatic rings. The van der Waals surface area contributed by atoms with Gasteiger partial charge in [0.1, 0.15) is 18.0 Å². The van der Waals surface area contributed by atoms with Crippen molar-refractivity contribution < 1.29 is 19.4 Å². The standard InChI is InChI=1S/C10H13Cl3N2O4S/c1-9(2)14-4-5(16)15(7(4)20-9)6(17)8(18)19-3-10(11,12)13/h4,6-7,14,17H,3H2,1-2H3. The smallest absolute Gasteiger partial charge is 0.356 e. The largest absolute Gasteiger partial charge is 0.458 e. The third-order valence-corrected chi connectivity index (χ3v) is 4.63. The fraction of sp³-hybridized carbons (Fsp3) is 0.800. The fourth-order valence-corrected chi connectivity index (χ4v) is 3.67. The van der Waals surface area contributed by atoms with E-state index in [1.54, 1.807) is 0 Å². The van der Waals surface area contributed by atoms with E-state index in [4.69, 9.17) is 34.8 Å². The van der Waals surface area contributed by atoms with Gasteiger partial charge < -0.3 is 9.84 Å². The van der Waals surface area contributed by atoms with Crippen LogP contribution in [-0.4, -0.2) is 54.8 Å². The van der Waals surface area contributed by atoms with E-state index in [9.17, 15) is 14.7 Å². The van der Waals surface area contributed by atoms with E-state index in [1.807, 2.05) is 13.8 Å². The van der Waals surface area contributed by atoms with Gasteiger partial charge in [-0.2, -0.15) is 0 Å². The van der Waals surface area contributed by atoms with Crippen LogP contribution in [0.15, 0.2) is 0 Å². The second kappa shape index (κ2) is 5.37. The van der Waals surface area contributed by atoms with Crippen LogP contribution in [-0.2, 0) is 14.3 Å². The van der Waals surface area contributed by atoms with Crippen molar-refractivity contribution >= 4 is 58.4 Å². The predicted octanol–water partition coefficient (Wildman–Crippen LogP) is 0.828. The number of rotatable bonds is 3. The summed E-state index contributed by atoms with van der Waals surface area (Å²) in [7, 11) is 0. The molecule has 0 aliphatic carbocycles. The maximum Gasteiger partial charge on any atom is 0.356 e. The zero-order valence-corrected chi connectivity index (χ0v) is 13.7. The zero-order valence-electron chi connectivity index (χ0n) is 10.6. The lowest BCUT2D eigenvalue weighted by Gasteiger charge is -2.43. The average Bonchev–Trinajstić information content (AvgIpc) is 2.58. The van der Waals surface area contributed by atoms with Crippen LogP contribution in [0.3, 0.4) is 0 Å². The van der Waals surface area contributed by atoms with Crippen molar-refractivity contribution in [1.29, 1.82) is 0 Å². The van der Waals surface area contributed by atoms with Crippen LogP contribution in [0.25, 0.3) is 0 Å². The van der Waals surface area contributed by atoms with Crippen LogP contribution < -0.4 is 5.32 Å². The monoisotopic (exact) mass is 362 g/mol. The minimum Gasteiger partial charge on any atom is -0.458 e. The molecule has 2 aliphatic heterocycles. The highest BCUT2D eigenvalue weighted by atomic mass is 35.6. The second-order valence-corrected chi connectivity index (χ2v) is 9.24. The topological polar surface area (TPSA) is 78.9 Å². The summed E-state index contributed by atoms with van der Waals surface area (Å²) in [5, 5.41) is 12.7. The molecule has 2 saturated heterocycles. The number of alkyl halides is 3. The summed E-state index contributed by atoms with van der Waals surface area (Å²) in [5.41, 5.74) is 0. The van der Waals surface area contributed by atoms with E-state index in [0.717, 1.165) is 4.90 Å². The van der Waals surface area contributed by atoms with Gasteiger partial charge in [-0.1, -0.05) is 34.8 Å². The first kappa shape index (κ1) is 16.5. The van der Waals surface area contributed by atoms with E-state index in [2.05, 4.69) is 10.1 Å². The summed E-state index contributed by atoms with van der Waals surface area (Å²) < 4.78 is 2.90. The van der Waals surface area contributed by atoms with E-state index in [1.165, 1.54) is 11.8 Å². The number of fused-ring (bicyclic) bond motifs is 1. The van der Waals surface area contributed by atoms with Gasteiger partial charge in [0.2, 0.25) is 15.9 Å². The Kier molecular flexibility index (Phi) is 4.42. The first-order chi connectivity index (χ1) is 9.02. The molecule has 6 nitrogen and oxygen atoms in total. The van der Waals surface area contributed by atoms with Gasteiger partial charge in [-0.3, -0.25) is 15.0 Å². The van der Waals surface area contributed by atoms with Gasteiger partial charge in [0, 0.05) is 0 Å². The number of hydrogen-bond donors (Lipinski definition) is 2. The molecule has 10 heteroatoms. The van der Waals surface area contributed by atoms with Gasteiger partial charge >= 0.3 is 5.97 Å². The molecule has 0 aromatic heterocycles. The molecule has 114 valence electrons. The number of aliphatic hydroxyl groups excluding tert-OH is 1. The van der Waals surface area contributed by atoms with Crippen molar-refractivity contribution in [1.82, 2.24) is 10.2 Å². The first-order valence-electron chi connectivity index (χ1n) is 5.71. The number of halogens is 3. The van der Waals surface area contributed by atoms with Crippen LogP contribution in [0.1, 0.15) is 13.8 Å². The van der Waals surface area contributed by atoms with Crippen molar-refractivity contribution in [2.75, 3.05) is 6.61 Å². The first-order valence-corrected chi connectivity index (χ1v) is 7.72. The molecule has 0 aromatic rings. The molecule has 2 N–H and O–H groups in total. The Hall–Kier alpha value is 0.0800. The summed E-state index contributed by atoms with van der Waals surface area (Å²) in [6.07, 6.45) is -1.70. The van der Waals surface area contributed by atoms with Crippen molar-refractivity contribution in [2.24, 2.45) is 0 Å². The normalized spacial score (nSPS) is 29.7. The Morgan fingerprint density at radius 3 is 2.75 bits per heavy atom. The number of amides is 1. The molecule has 3 atom stereocenters. The Morgan fingerprint density at radius 2 is 2.20 bits per heavy atom. The number of β-lactam (4-membered cyclic amide) rings is 1.